The van der Waals surface area contributed by atoms with Gasteiger partial charge in [-0.2, -0.15) is 11.8 Å². The normalized spacial score (nSPS) is 15.9. The first-order valence-electron chi connectivity index (χ1n) is 5.33. The highest BCUT2D eigenvalue weighted by Crippen LogP contribution is 2.01. The molecular weight excluding hydrogens is 208 g/mol. The van der Waals surface area contributed by atoms with Gasteiger partial charge < -0.3 is 10.6 Å². The first-order valence-corrected chi connectivity index (χ1v) is 6.72. The van der Waals surface area contributed by atoms with Crippen molar-refractivity contribution < 1.29 is 4.79 Å². The molecule has 0 saturated carbocycles. The molecule has 0 saturated heterocycles. The van der Waals surface area contributed by atoms with Crippen molar-refractivity contribution in [2.75, 3.05) is 12.0 Å². The summed E-state index contributed by atoms with van der Waals surface area (Å²) in [6, 6.07) is 0.229. The third kappa shape index (κ3) is 7.68. The fourth-order valence-electron chi connectivity index (χ4n) is 1.28. The summed E-state index contributed by atoms with van der Waals surface area (Å²) in [7, 11) is 0. The monoisotopic (exact) mass is 232 g/mol. The van der Waals surface area contributed by atoms with E-state index in [2.05, 4.69) is 23.8 Å². The molecule has 3 nitrogen and oxygen atoms in total. The van der Waals surface area contributed by atoms with Gasteiger partial charge in [0.25, 0.3) is 0 Å². The molecule has 4 heteroatoms. The molecule has 0 radical (unpaired) electrons. The van der Waals surface area contributed by atoms with E-state index in [1.807, 2.05) is 27.7 Å². The van der Waals surface area contributed by atoms with Gasteiger partial charge in [0, 0.05) is 17.3 Å². The number of carbonyl (C=O) groups is 1. The molecule has 0 spiro atoms. The van der Waals surface area contributed by atoms with Gasteiger partial charge in [0.15, 0.2) is 0 Å². The molecule has 0 aromatic carbocycles. The summed E-state index contributed by atoms with van der Waals surface area (Å²) in [4.78, 5) is 11.7. The lowest BCUT2D eigenvalue weighted by Gasteiger charge is -2.25. The zero-order valence-corrected chi connectivity index (χ0v) is 11.5. The Balaban J connectivity index is 3.99. The minimum atomic E-state index is -0.157. The van der Waals surface area contributed by atoms with Crippen LogP contribution in [0.5, 0.6) is 0 Å². The molecule has 90 valence electrons. The Kier molecular flexibility index (Phi) is 6.29. The van der Waals surface area contributed by atoms with E-state index in [9.17, 15) is 4.79 Å². The largest absolute Gasteiger partial charge is 0.350 e. The zero-order valence-electron chi connectivity index (χ0n) is 10.7. The fourth-order valence-corrected chi connectivity index (χ4v) is 1.87. The molecule has 0 bridgehead atoms. The summed E-state index contributed by atoms with van der Waals surface area (Å²) in [5.74, 6) is 1.09. The van der Waals surface area contributed by atoms with Crippen molar-refractivity contribution in [3.63, 3.8) is 0 Å². The summed E-state index contributed by atoms with van der Waals surface area (Å²) in [5.41, 5.74) is -0.157. The summed E-state index contributed by atoms with van der Waals surface area (Å²) in [6.07, 6.45) is 2.07. The van der Waals surface area contributed by atoms with Crippen molar-refractivity contribution in [1.29, 1.82) is 0 Å². The minimum absolute atomic E-state index is 0.0652. The summed E-state index contributed by atoms with van der Waals surface area (Å²) >= 11 is 1.78. The Morgan fingerprint density at radius 3 is 2.27 bits per heavy atom. The summed E-state index contributed by atoms with van der Waals surface area (Å²) in [5, 5.41) is 6.23. The predicted octanol–water partition coefficient (Wildman–Crippen LogP) is 1.63. The lowest BCUT2D eigenvalue weighted by atomic mass is 10.1. The van der Waals surface area contributed by atoms with Gasteiger partial charge in [-0.1, -0.05) is 0 Å². The molecule has 0 fully saturated rings. The van der Waals surface area contributed by atoms with Crippen LogP contribution in [0.25, 0.3) is 0 Å². The van der Waals surface area contributed by atoms with Gasteiger partial charge >= 0.3 is 0 Å². The van der Waals surface area contributed by atoms with Gasteiger partial charge in [-0.15, -0.1) is 0 Å². The predicted molar refractivity (Wildman–Crippen MR) is 68.3 cm³/mol. The van der Waals surface area contributed by atoms with Gasteiger partial charge in [0.1, 0.15) is 0 Å². The third-order valence-corrected chi connectivity index (χ3v) is 2.68. The Morgan fingerprint density at radius 2 is 1.87 bits per heavy atom. The average molecular weight is 232 g/mol. The van der Waals surface area contributed by atoms with Gasteiger partial charge in [-0.05, 0) is 40.9 Å². The minimum Gasteiger partial charge on any atom is -0.350 e. The van der Waals surface area contributed by atoms with Crippen LogP contribution in [0.15, 0.2) is 0 Å². The van der Waals surface area contributed by atoms with Gasteiger partial charge in [-0.25, -0.2) is 0 Å². The van der Waals surface area contributed by atoms with Crippen LogP contribution in [0, 0.1) is 0 Å². The molecule has 2 atom stereocenters. The topological polar surface area (TPSA) is 41.1 Å². The lowest BCUT2D eigenvalue weighted by Crippen LogP contribution is -2.51. The molecule has 0 aliphatic heterocycles. The summed E-state index contributed by atoms with van der Waals surface area (Å²) < 4.78 is 0. The number of nitrogens with one attached hydrogen (secondary N) is 2. The molecule has 2 unspecified atom stereocenters. The van der Waals surface area contributed by atoms with Crippen LogP contribution in [0.1, 0.15) is 34.6 Å². The van der Waals surface area contributed by atoms with E-state index in [4.69, 9.17) is 0 Å². The quantitative estimate of drug-likeness (QED) is 0.757. The van der Waals surface area contributed by atoms with Crippen LogP contribution < -0.4 is 10.6 Å². The molecule has 0 aliphatic carbocycles. The SMILES string of the molecule is CSCC(C)NC(C)C(=O)NC(C)(C)C. The second-order valence-electron chi connectivity index (χ2n) is 4.98. The van der Waals surface area contributed by atoms with Crippen LogP contribution in [-0.2, 0) is 4.79 Å². The Hall–Kier alpha value is -0.220. The van der Waals surface area contributed by atoms with Crippen molar-refractivity contribution in [2.45, 2.75) is 52.2 Å². The van der Waals surface area contributed by atoms with Crippen molar-refractivity contribution in [1.82, 2.24) is 10.6 Å². The molecule has 1 amide bonds. The number of thioether (sulfide) groups is 1. The van der Waals surface area contributed by atoms with E-state index in [0.717, 1.165) is 5.75 Å². The third-order valence-electron chi connectivity index (χ3n) is 1.84. The van der Waals surface area contributed by atoms with Crippen LogP contribution >= 0.6 is 11.8 Å². The standard InChI is InChI=1S/C11H24N2OS/c1-8(7-15-6)12-9(2)10(14)13-11(3,4)5/h8-9,12H,7H2,1-6H3,(H,13,14). The molecular formula is C11H24N2OS. The van der Waals surface area contributed by atoms with Crippen molar-refractivity contribution >= 4 is 17.7 Å². The number of hydrogen-bond acceptors (Lipinski definition) is 3. The van der Waals surface area contributed by atoms with Crippen LogP contribution in [-0.4, -0.2) is 35.5 Å². The first-order chi connectivity index (χ1) is 6.76. The Labute approximate surface area is 97.8 Å². The van der Waals surface area contributed by atoms with E-state index >= 15 is 0 Å². The molecule has 15 heavy (non-hydrogen) atoms. The van der Waals surface area contributed by atoms with Gasteiger partial charge in [-0.3, -0.25) is 4.79 Å². The van der Waals surface area contributed by atoms with E-state index in [0.29, 0.717) is 6.04 Å². The molecule has 0 heterocycles. The van der Waals surface area contributed by atoms with Gasteiger partial charge in [0.05, 0.1) is 6.04 Å². The first kappa shape index (κ1) is 14.8. The van der Waals surface area contributed by atoms with E-state index < -0.39 is 0 Å². The number of hydrogen-bond donors (Lipinski definition) is 2. The second kappa shape index (κ2) is 6.38. The number of carbonyl (C=O) groups excluding carboxylic acids is 1. The van der Waals surface area contributed by atoms with Crippen molar-refractivity contribution in [3.05, 3.63) is 0 Å². The molecule has 0 aliphatic rings. The highest BCUT2D eigenvalue weighted by atomic mass is 32.2. The van der Waals surface area contributed by atoms with Crippen LogP contribution in [0.2, 0.25) is 0 Å². The lowest BCUT2D eigenvalue weighted by molar-refractivity contribution is -0.124. The van der Waals surface area contributed by atoms with Crippen molar-refractivity contribution in [3.8, 4) is 0 Å². The van der Waals surface area contributed by atoms with E-state index in [1.54, 1.807) is 11.8 Å². The molecule has 0 aromatic heterocycles. The maximum Gasteiger partial charge on any atom is 0.237 e. The maximum absolute atomic E-state index is 11.7. The Bertz CT molecular complexity index is 201. The molecule has 2 N–H and O–H groups in total. The highest BCUT2D eigenvalue weighted by Gasteiger charge is 2.19. The molecule has 0 rings (SSSR count). The Morgan fingerprint density at radius 1 is 1.33 bits per heavy atom. The number of rotatable bonds is 5. The highest BCUT2D eigenvalue weighted by molar-refractivity contribution is 7.98. The van der Waals surface area contributed by atoms with Crippen LogP contribution in [0.4, 0.5) is 0 Å². The maximum atomic E-state index is 11.7. The van der Waals surface area contributed by atoms with Crippen molar-refractivity contribution in [2.24, 2.45) is 0 Å². The second-order valence-corrected chi connectivity index (χ2v) is 5.89. The number of amides is 1. The smallest absolute Gasteiger partial charge is 0.237 e. The van der Waals surface area contributed by atoms with Crippen LogP contribution in [0.3, 0.4) is 0 Å². The zero-order chi connectivity index (χ0) is 12.1. The van der Waals surface area contributed by atoms with E-state index in [-0.39, 0.29) is 17.5 Å². The fraction of sp³-hybridized carbons (Fsp3) is 0.909. The molecule has 0 aromatic rings. The average Bonchev–Trinajstić information content (AvgIpc) is 2.00. The van der Waals surface area contributed by atoms with Gasteiger partial charge in [0.2, 0.25) is 5.91 Å². The summed E-state index contributed by atoms with van der Waals surface area (Å²) in [6.45, 7) is 9.96. The van der Waals surface area contributed by atoms with E-state index in [1.165, 1.54) is 0 Å².